The largest absolute Gasteiger partial charge is 0.480 e. The zero-order valence-electron chi connectivity index (χ0n) is 12.6. The van der Waals surface area contributed by atoms with Gasteiger partial charge < -0.3 is 14.7 Å². The zero-order chi connectivity index (χ0) is 15.0. The summed E-state index contributed by atoms with van der Waals surface area (Å²) in [4.78, 5) is 25.1. The summed E-state index contributed by atoms with van der Waals surface area (Å²) in [7, 11) is 0. The highest BCUT2D eigenvalue weighted by Gasteiger charge is 2.45. The lowest BCUT2D eigenvalue weighted by Gasteiger charge is -2.37. The standard InChI is InChI=1S/C14H25NO4/c1-8-9(2)19-10(3)12(8)13(18)15(7-11(16)17)14(4,5)6/h8-10,12H,7H2,1-6H3,(H,16,17). The lowest BCUT2D eigenvalue weighted by molar-refractivity contribution is -0.152. The lowest BCUT2D eigenvalue weighted by Crippen LogP contribution is -2.52. The molecule has 1 saturated heterocycles. The molecule has 0 aromatic rings. The number of aliphatic carboxylic acids is 1. The molecule has 1 N–H and O–H groups in total. The number of amides is 1. The van der Waals surface area contributed by atoms with E-state index >= 15 is 0 Å². The molecule has 0 radical (unpaired) electrons. The number of rotatable bonds is 3. The van der Waals surface area contributed by atoms with Crippen LogP contribution in [0.15, 0.2) is 0 Å². The predicted molar refractivity (Wildman–Crippen MR) is 71.8 cm³/mol. The van der Waals surface area contributed by atoms with Crippen LogP contribution < -0.4 is 0 Å². The van der Waals surface area contributed by atoms with Gasteiger partial charge in [-0.25, -0.2) is 0 Å². The molecule has 1 aliphatic rings. The smallest absolute Gasteiger partial charge is 0.323 e. The third-order valence-corrected chi connectivity index (χ3v) is 3.90. The maximum atomic E-state index is 12.7. The minimum atomic E-state index is -0.990. The molecule has 5 heteroatoms. The molecule has 4 unspecified atom stereocenters. The Labute approximate surface area is 114 Å². The van der Waals surface area contributed by atoms with Crippen molar-refractivity contribution in [3.63, 3.8) is 0 Å². The molecule has 5 nitrogen and oxygen atoms in total. The second-order valence-electron chi connectivity index (χ2n) is 6.42. The summed E-state index contributed by atoms with van der Waals surface area (Å²) in [5.41, 5.74) is -0.513. The van der Waals surface area contributed by atoms with Crippen molar-refractivity contribution in [3.8, 4) is 0 Å². The van der Waals surface area contributed by atoms with Crippen LogP contribution in [0.3, 0.4) is 0 Å². The minimum absolute atomic E-state index is 0.0237. The number of hydrogen-bond donors (Lipinski definition) is 1. The van der Waals surface area contributed by atoms with Gasteiger partial charge in [0.1, 0.15) is 6.54 Å². The lowest BCUT2D eigenvalue weighted by atomic mass is 9.87. The first-order valence-electron chi connectivity index (χ1n) is 6.74. The third kappa shape index (κ3) is 3.47. The molecular formula is C14H25NO4. The van der Waals surface area contributed by atoms with Crippen LogP contribution in [-0.2, 0) is 14.3 Å². The van der Waals surface area contributed by atoms with Gasteiger partial charge in [0.15, 0.2) is 0 Å². The number of ether oxygens (including phenoxy) is 1. The molecule has 0 aliphatic carbocycles. The highest BCUT2D eigenvalue weighted by Crippen LogP contribution is 2.34. The van der Waals surface area contributed by atoms with Crippen molar-refractivity contribution in [1.29, 1.82) is 0 Å². The minimum Gasteiger partial charge on any atom is -0.480 e. The SMILES string of the molecule is CC1OC(C)C(C(=O)N(CC(=O)O)C(C)(C)C)C1C. The molecule has 1 heterocycles. The first kappa shape index (κ1) is 16.0. The van der Waals surface area contributed by atoms with Crippen molar-refractivity contribution in [3.05, 3.63) is 0 Å². The molecule has 0 aromatic carbocycles. The van der Waals surface area contributed by atoms with E-state index in [1.807, 2.05) is 41.5 Å². The zero-order valence-corrected chi connectivity index (χ0v) is 12.6. The summed E-state index contributed by atoms with van der Waals surface area (Å²) in [6.45, 7) is 11.1. The van der Waals surface area contributed by atoms with Gasteiger partial charge >= 0.3 is 5.97 Å². The van der Waals surface area contributed by atoms with Gasteiger partial charge in [-0.3, -0.25) is 9.59 Å². The van der Waals surface area contributed by atoms with Crippen LogP contribution in [0.4, 0.5) is 0 Å². The normalized spacial score (nSPS) is 31.3. The summed E-state index contributed by atoms with van der Waals surface area (Å²) in [6.07, 6.45) is -0.147. The van der Waals surface area contributed by atoms with E-state index < -0.39 is 11.5 Å². The number of carbonyl (C=O) groups excluding carboxylic acids is 1. The predicted octanol–water partition coefficient (Wildman–Crippen LogP) is 1.76. The number of hydrogen-bond acceptors (Lipinski definition) is 3. The Morgan fingerprint density at radius 2 is 1.68 bits per heavy atom. The molecule has 0 bridgehead atoms. The Kier molecular flexibility index (Phi) is 4.61. The van der Waals surface area contributed by atoms with E-state index in [0.29, 0.717) is 0 Å². The molecule has 1 fully saturated rings. The second-order valence-corrected chi connectivity index (χ2v) is 6.42. The second kappa shape index (κ2) is 5.49. The molecule has 0 saturated carbocycles. The van der Waals surface area contributed by atoms with Crippen LogP contribution in [-0.4, -0.2) is 46.2 Å². The Morgan fingerprint density at radius 3 is 2.00 bits per heavy atom. The van der Waals surface area contributed by atoms with Gasteiger partial charge in [-0.2, -0.15) is 0 Å². The molecule has 1 amide bonds. The quantitative estimate of drug-likeness (QED) is 0.849. The van der Waals surface area contributed by atoms with Gasteiger partial charge in [0.25, 0.3) is 0 Å². The molecule has 0 aromatic heterocycles. The Bertz CT molecular complexity index is 361. The van der Waals surface area contributed by atoms with E-state index in [4.69, 9.17) is 9.84 Å². The van der Waals surface area contributed by atoms with Crippen LogP contribution >= 0.6 is 0 Å². The fraction of sp³-hybridized carbons (Fsp3) is 0.857. The average Bonchev–Trinajstić information content (AvgIpc) is 2.47. The van der Waals surface area contributed by atoms with Gasteiger partial charge in [-0.1, -0.05) is 6.92 Å². The first-order valence-corrected chi connectivity index (χ1v) is 6.74. The molecule has 19 heavy (non-hydrogen) atoms. The number of nitrogens with zero attached hydrogens (tertiary/aromatic N) is 1. The fourth-order valence-electron chi connectivity index (χ4n) is 2.65. The van der Waals surface area contributed by atoms with E-state index in [1.165, 1.54) is 4.90 Å². The van der Waals surface area contributed by atoms with Crippen LogP contribution in [0.5, 0.6) is 0 Å². The summed E-state index contributed by atoms with van der Waals surface area (Å²) in [5, 5.41) is 9.00. The van der Waals surface area contributed by atoms with Crippen molar-refractivity contribution >= 4 is 11.9 Å². The van der Waals surface area contributed by atoms with E-state index in [2.05, 4.69) is 0 Å². The summed E-state index contributed by atoms with van der Waals surface area (Å²) < 4.78 is 5.68. The molecule has 110 valence electrons. The maximum Gasteiger partial charge on any atom is 0.323 e. The van der Waals surface area contributed by atoms with Crippen molar-refractivity contribution in [1.82, 2.24) is 4.90 Å². The molecular weight excluding hydrogens is 246 g/mol. The van der Waals surface area contributed by atoms with Crippen LogP contribution in [0.2, 0.25) is 0 Å². The Hall–Kier alpha value is -1.10. The fourth-order valence-corrected chi connectivity index (χ4v) is 2.65. The van der Waals surface area contributed by atoms with Gasteiger partial charge in [0.05, 0.1) is 18.1 Å². The number of carboxylic acids is 1. The van der Waals surface area contributed by atoms with E-state index in [-0.39, 0.29) is 36.5 Å². The number of carbonyl (C=O) groups is 2. The van der Waals surface area contributed by atoms with Gasteiger partial charge in [-0.15, -0.1) is 0 Å². The van der Waals surface area contributed by atoms with E-state index in [9.17, 15) is 9.59 Å². The maximum absolute atomic E-state index is 12.7. The van der Waals surface area contributed by atoms with E-state index in [1.54, 1.807) is 0 Å². The Morgan fingerprint density at radius 1 is 1.16 bits per heavy atom. The van der Waals surface area contributed by atoms with Gasteiger partial charge in [-0.05, 0) is 40.5 Å². The van der Waals surface area contributed by atoms with E-state index in [0.717, 1.165) is 0 Å². The molecule has 1 rings (SSSR count). The van der Waals surface area contributed by atoms with Crippen LogP contribution in [0.25, 0.3) is 0 Å². The highest BCUT2D eigenvalue weighted by atomic mass is 16.5. The van der Waals surface area contributed by atoms with Crippen LogP contribution in [0, 0.1) is 11.8 Å². The Balaban J connectivity index is 2.97. The monoisotopic (exact) mass is 271 g/mol. The summed E-state index contributed by atoms with van der Waals surface area (Å²) in [6, 6.07) is 0. The van der Waals surface area contributed by atoms with Gasteiger partial charge in [0, 0.05) is 5.54 Å². The summed E-state index contributed by atoms with van der Waals surface area (Å²) >= 11 is 0. The average molecular weight is 271 g/mol. The van der Waals surface area contributed by atoms with Crippen molar-refractivity contribution in [2.45, 2.75) is 59.3 Å². The molecule has 0 spiro atoms. The van der Waals surface area contributed by atoms with Crippen molar-refractivity contribution in [2.24, 2.45) is 11.8 Å². The van der Waals surface area contributed by atoms with Crippen LogP contribution in [0.1, 0.15) is 41.5 Å². The summed E-state index contributed by atoms with van der Waals surface area (Å²) in [5.74, 6) is -1.29. The van der Waals surface area contributed by atoms with Crippen molar-refractivity contribution in [2.75, 3.05) is 6.54 Å². The molecule has 4 atom stereocenters. The van der Waals surface area contributed by atoms with Crippen molar-refractivity contribution < 1.29 is 19.4 Å². The van der Waals surface area contributed by atoms with Gasteiger partial charge in [0.2, 0.25) is 5.91 Å². The third-order valence-electron chi connectivity index (χ3n) is 3.90. The number of carboxylic acid groups (broad SMARTS) is 1. The topological polar surface area (TPSA) is 66.8 Å². The molecule has 1 aliphatic heterocycles. The highest BCUT2D eigenvalue weighted by molar-refractivity contribution is 5.84. The first-order chi connectivity index (χ1) is 8.55.